The molecule has 0 fully saturated rings. The summed E-state index contributed by atoms with van der Waals surface area (Å²) >= 11 is 3.33. The maximum Gasteiger partial charge on any atom is 0.333 e. The van der Waals surface area contributed by atoms with Crippen LogP contribution in [0, 0.1) is 0 Å². The van der Waals surface area contributed by atoms with Gasteiger partial charge in [0.05, 0.1) is 13.2 Å². The molecule has 580 valence electrons. The summed E-state index contributed by atoms with van der Waals surface area (Å²) in [7, 11) is 0. The van der Waals surface area contributed by atoms with Crippen LogP contribution < -0.4 is 9.47 Å². The lowest BCUT2D eigenvalue weighted by molar-refractivity contribution is -0.140. The quantitative estimate of drug-likeness (QED) is 0.0120. The Hall–Kier alpha value is -12.3. The molecule has 8 aromatic rings. The summed E-state index contributed by atoms with van der Waals surface area (Å²) in [6.07, 6.45) is 6.13. The van der Waals surface area contributed by atoms with Crippen molar-refractivity contribution in [3.63, 3.8) is 0 Å². The van der Waals surface area contributed by atoms with E-state index in [9.17, 15) is 38.4 Å². The van der Waals surface area contributed by atoms with E-state index in [0.717, 1.165) is 59.1 Å². The molecule has 8 aromatic carbocycles. The summed E-state index contributed by atoms with van der Waals surface area (Å²) < 4.78 is 49.6. The lowest BCUT2D eigenvalue weighted by Gasteiger charge is -2.06. The van der Waals surface area contributed by atoms with Gasteiger partial charge < -0.3 is 47.4 Å². The molecule has 18 nitrogen and oxygen atoms in total. The number of carbonyl (C=O) groups excluding carboxylic acids is 8. The van der Waals surface area contributed by atoms with E-state index in [-0.39, 0.29) is 55.0 Å². The maximum absolute atomic E-state index is 11.0. The monoisotopic (exact) mass is 1530 g/mol. The van der Waals surface area contributed by atoms with Crippen LogP contribution in [0.25, 0.3) is 0 Å². The largest absolute Gasteiger partial charge is 0.490 e. The van der Waals surface area contributed by atoms with Crippen LogP contribution in [0.4, 0.5) is 0 Å². The van der Waals surface area contributed by atoms with E-state index in [0.29, 0.717) is 75.1 Å². The normalized spacial score (nSPS) is 9.35. The zero-order valence-corrected chi connectivity index (χ0v) is 64.8. The highest BCUT2D eigenvalue weighted by atomic mass is 32.2. The fourth-order valence-corrected chi connectivity index (χ4v) is 8.76. The minimum atomic E-state index is -0.429. The number of hydrogen-bond acceptors (Lipinski definition) is 20. The molecule has 0 radical (unpaired) electrons. The molecule has 0 aromatic heterocycles. The molecule has 0 spiro atoms. The number of hydrogen-bond donors (Lipinski definition) is 0. The first-order chi connectivity index (χ1) is 53.1. The SMILES string of the molecule is C=C(C)C(=O)OCCOc1ccccc1.C=C(C)C(=O)OCCSc1ccccc1.C=C(C)C(=O)OCCc1ccccc1.C=C(C)C(=O)OCc1ccccc1.C=CC(=O)OCCOc1ccccc1.C=CC(=O)OCCSc1ccccc1.C=CC(=O)OCCc1ccccc1.C=CC(=O)OCc1ccccc1. The zero-order chi connectivity index (χ0) is 81.0. The highest BCUT2D eigenvalue weighted by Crippen LogP contribution is 2.18. The molecule has 0 aliphatic heterocycles. The van der Waals surface area contributed by atoms with Crippen molar-refractivity contribution in [2.24, 2.45) is 0 Å². The predicted octanol–water partition coefficient (Wildman–Crippen LogP) is 17.9. The van der Waals surface area contributed by atoms with E-state index in [1.165, 1.54) is 33.1 Å². The van der Waals surface area contributed by atoms with Crippen molar-refractivity contribution < 1.29 is 85.7 Å². The Morgan fingerprint density at radius 2 is 0.509 bits per heavy atom. The summed E-state index contributed by atoms with van der Waals surface area (Å²) in [5, 5.41) is 0. The number of carbonyl (C=O) groups is 8. The second-order valence-electron chi connectivity index (χ2n) is 22.1. The van der Waals surface area contributed by atoms with Gasteiger partial charge in [0.1, 0.15) is 64.4 Å². The van der Waals surface area contributed by atoms with Gasteiger partial charge in [-0.1, -0.05) is 247 Å². The Morgan fingerprint density at radius 3 is 0.845 bits per heavy atom. The average molecular weight is 1530 g/mol. The molecule has 0 heterocycles. The summed E-state index contributed by atoms with van der Waals surface area (Å²) in [4.78, 5) is 89.0. The summed E-state index contributed by atoms with van der Waals surface area (Å²) in [5.41, 5.74) is 6.01. The van der Waals surface area contributed by atoms with E-state index in [4.69, 9.17) is 47.4 Å². The number of benzene rings is 8. The van der Waals surface area contributed by atoms with Crippen LogP contribution >= 0.6 is 23.5 Å². The molecule has 0 saturated heterocycles. The van der Waals surface area contributed by atoms with Crippen molar-refractivity contribution >= 4 is 71.3 Å². The van der Waals surface area contributed by atoms with Crippen molar-refractivity contribution in [3.05, 3.63) is 364 Å². The van der Waals surface area contributed by atoms with Crippen LogP contribution in [-0.4, -0.2) is 112 Å². The van der Waals surface area contributed by atoms with Crippen LogP contribution in [0.2, 0.25) is 0 Å². The molecule has 0 bridgehead atoms. The number of rotatable bonds is 34. The number of para-hydroxylation sites is 2. The first kappa shape index (κ1) is 95.8. The van der Waals surface area contributed by atoms with Gasteiger partial charge in [0, 0.05) is 80.7 Å². The van der Waals surface area contributed by atoms with Crippen LogP contribution in [0.15, 0.2) is 352 Å². The molecule has 0 saturated carbocycles. The molecule has 0 amide bonds. The van der Waals surface area contributed by atoms with Crippen molar-refractivity contribution in [1.82, 2.24) is 0 Å². The molecule has 0 unspecified atom stereocenters. The highest BCUT2D eigenvalue weighted by molar-refractivity contribution is 7.99. The molecule has 0 N–H and O–H groups in total. The van der Waals surface area contributed by atoms with Crippen LogP contribution in [0.3, 0.4) is 0 Å². The van der Waals surface area contributed by atoms with Gasteiger partial charge in [0.15, 0.2) is 0 Å². The van der Waals surface area contributed by atoms with Crippen molar-refractivity contribution in [1.29, 1.82) is 0 Å². The van der Waals surface area contributed by atoms with E-state index in [1.807, 2.05) is 243 Å². The van der Waals surface area contributed by atoms with Gasteiger partial charge in [-0.3, -0.25) is 0 Å². The van der Waals surface area contributed by atoms with Gasteiger partial charge in [-0.15, -0.1) is 23.5 Å². The first-order valence-corrected chi connectivity index (χ1v) is 36.4. The number of esters is 8. The summed E-state index contributed by atoms with van der Waals surface area (Å²) in [6, 6.07) is 77.6. The number of ether oxygens (including phenoxy) is 10. The fraction of sp³-hybridized carbons (Fsp3) is 0.200. The minimum Gasteiger partial charge on any atom is -0.490 e. The fourth-order valence-electron chi connectivity index (χ4n) is 7.26. The maximum atomic E-state index is 11.0. The standard InChI is InChI=1S/C12H14O3.C12H14O2S.C12H14O2.C11H12O3.C11H12O2S.2C11H12O2.C10H10O2/c1-10(2)12(13)15-9-8-14-11-6-4-3-5-7-11;1-10(2)12(13)14-8-9-15-11-6-4-3-5-7-11;1-10(2)12(13)14-9-8-11-6-4-3-5-7-11;1-2-11(12)14-9-8-13-10-6-4-3-5-7-10;1-2-11(12)13-8-9-14-10-6-4-3-5-7-10;1-9(2)11(12)13-8-10-6-4-3-5-7-10;1-2-11(12)13-9-8-10-6-4-3-5-7-10;1-2-10(11)12-8-9-6-4-3-5-7-9/h2*3-7H,1,8-9H2,2H3;3-7H,1,8-9H2,2H3;2*2-7H,1,8-9H2;3-7H,1,8H2,2H3;2-7H,1,8-9H2;2-7H,1,8H2. The third kappa shape index (κ3) is 54.4. The average Bonchev–Trinajstić information content (AvgIpc) is 0.991. The molecular formula is C90H100O18S2. The highest BCUT2D eigenvalue weighted by Gasteiger charge is 2.07. The molecule has 0 aliphatic rings. The molecule has 8 rings (SSSR count). The van der Waals surface area contributed by atoms with Gasteiger partial charge in [0.2, 0.25) is 0 Å². The van der Waals surface area contributed by atoms with Gasteiger partial charge in [-0.05, 0) is 98.5 Å². The second kappa shape index (κ2) is 64.0. The number of thioether (sulfide) groups is 2. The molecular weight excluding hydrogens is 1430 g/mol. The summed E-state index contributed by atoms with van der Waals surface area (Å²) in [6.45, 7) is 37.2. The van der Waals surface area contributed by atoms with E-state index in [2.05, 4.69) is 52.6 Å². The topological polar surface area (TPSA) is 229 Å². The third-order valence-corrected chi connectivity index (χ3v) is 14.7. The zero-order valence-electron chi connectivity index (χ0n) is 63.1. The van der Waals surface area contributed by atoms with E-state index < -0.39 is 5.97 Å². The smallest absolute Gasteiger partial charge is 0.333 e. The second-order valence-corrected chi connectivity index (χ2v) is 24.5. The Kier molecular flexibility index (Phi) is 55.7. The van der Waals surface area contributed by atoms with Gasteiger partial charge in [0.25, 0.3) is 0 Å². The lowest BCUT2D eigenvalue weighted by atomic mass is 10.2. The van der Waals surface area contributed by atoms with Crippen LogP contribution in [-0.2, 0) is 102 Å². The first-order valence-electron chi connectivity index (χ1n) is 34.4. The molecule has 20 heteroatoms. The Morgan fingerprint density at radius 1 is 0.273 bits per heavy atom. The Balaban J connectivity index is 0.000000629. The van der Waals surface area contributed by atoms with E-state index in [1.54, 1.807) is 51.2 Å². The summed E-state index contributed by atoms with van der Waals surface area (Å²) in [5.74, 6) is 0.161. The van der Waals surface area contributed by atoms with Gasteiger partial charge >= 0.3 is 47.8 Å². The minimum absolute atomic E-state index is 0.236. The van der Waals surface area contributed by atoms with Crippen molar-refractivity contribution in [3.8, 4) is 11.5 Å². The molecule has 0 aliphatic carbocycles. The van der Waals surface area contributed by atoms with Crippen molar-refractivity contribution in [2.45, 2.75) is 63.5 Å². The lowest BCUT2D eigenvalue weighted by Crippen LogP contribution is -2.12. The third-order valence-electron chi connectivity index (χ3n) is 12.8. The van der Waals surface area contributed by atoms with Gasteiger partial charge in [-0.2, -0.15) is 0 Å². The van der Waals surface area contributed by atoms with E-state index >= 15 is 0 Å². The molecule has 0 atom stereocenters. The van der Waals surface area contributed by atoms with Crippen LogP contribution in [0.1, 0.15) is 49.9 Å². The predicted molar refractivity (Wildman–Crippen MR) is 437 cm³/mol. The Labute approximate surface area is 656 Å². The Bertz CT molecular complexity index is 3830. The van der Waals surface area contributed by atoms with Gasteiger partial charge in [-0.25, -0.2) is 38.4 Å². The molecule has 110 heavy (non-hydrogen) atoms. The van der Waals surface area contributed by atoms with Crippen LogP contribution in [0.5, 0.6) is 11.5 Å². The van der Waals surface area contributed by atoms with Crippen molar-refractivity contribution in [2.75, 3.05) is 64.4 Å².